The van der Waals surface area contributed by atoms with E-state index in [2.05, 4.69) is 38.8 Å². The molecule has 0 aromatic carbocycles. The van der Waals surface area contributed by atoms with Gasteiger partial charge in [0.05, 0.1) is 4.32 Å². The summed E-state index contributed by atoms with van der Waals surface area (Å²) in [6, 6.07) is 0. The lowest BCUT2D eigenvalue weighted by Gasteiger charge is -2.07. The number of unbranched alkanes of at least 4 members (excludes halogenated alkanes) is 2. The molecule has 5 heteroatoms. The maximum atomic E-state index is 11.2. The molecule has 2 unspecified atom stereocenters. The van der Waals surface area contributed by atoms with Crippen molar-refractivity contribution in [1.29, 1.82) is 0 Å². The van der Waals surface area contributed by atoms with Crippen molar-refractivity contribution < 1.29 is 9.90 Å². The fourth-order valence-electron chi connectivity index (χ4n) is 2.25. The van der Waals surface area contributed by atoms with Gasteiger partial charge >= 0.3 is 5.97 Å². The van der Waals surface area contributed by atoms with E-state index in [1.807, 2.05) is 33.8 Å². The number of allylic oxidation sites excluding steroid dienone is 2. The summed E-state index contributed by atoms with van der Waals surface area (Å²) in [4.78, 5) is 11.2. The summed E-state index contributed by atoms with van der Waals surface area (Å²) in [5.41, 5.74) is 0.779. The Balaban J connectivity index is 0.000000511. The molecule has 1 rings (SSSR count). The van der Waals surface area contributed by atoms with Crippen LogP contribution in [0.1, 0.15) is 53.9 Å². The maximum Gasteiger partial charge on any atom is 0.322 e. The summed E-state index contributed by atoms with van der Waals surface area (Å²) >= 11 is 12.2. The van der Waals surface area contributed by atoms with Crippen LogP contribution in [0.3, 0.4) is 0 Å². The van der Waals surface area contributed by atoms with E-state index in [0.717, 1.165) is 11.5 Å². The van der Waals surface area contributed by atoms with Crippen molar-refractivity contribution in [3.05, 3.63) is 11.6 Å². The molecule has 0 spiro atoms. The molecule has 1 aliphatic rings. The number of alkyl halides is 3. The van der Waals surface area contributed by atoms with Gasteiger partial charge in [-0.25, -0.2) is 0 Å². The summed E-state index contributed by atoms with van der Waals surface area (Å²) < 4.78 is -1.39. The molecule has 0 saturated heterocycles. The summed E-state index contributed by atoms with van der Waals surface area (Å²) in [6.07, 6.45) is 5.70. The highest BCUT2D eigenvalue weighted by molar-refractivity contribution is 9.13. The van der Waals surface area contributed by atoms with Gasteiger partial charge in [0.1, 0.15) is 4.32 Å². The first-order valence-electron chi connectivity index (χ1n) is 6.86. The number of hydrogen-bond acceptors (Lipinski definition) is 1. The van der Waals surface area contributed by atoms with Crippen molar-refractivity contribution in [3.8, 4) is 0 Å². The van der Waals surface area contributed by atoms with Crippen LogP contribution in [-0.4, -0.2) is 25.6 Å². The van der Waals surface area contributed by atoms with Crippen LogP contribution >= 0.6 is 43.5 Å². The highest BCUT2D eigenvalue weighted by Crippen LogP contribution is 2.75. The summed E-state index contributed by atoms with van der Waals surface area (Å²) in [7, 11) is 0. The van der Waals surface area contributed by atoms with Gasteiger partial charge in [-0.15, -0.1) is 11.6 Å². The Bertz CT molecular complexity index is 374. The minimum atomic E-state index is -0.899. The number of carboxylic acids is 1. The molecule has 1 aliphatic carbocycles. The van der Waals surface area contributed by atoms with Crippen LogP contribution in [-0.2, 0) is 4.79 Å². The maximum absolute atomic E-state index is 11.2. The lowest BCUT2D eigenvalue weighted by atomic mass is 10.1. The normalized spacial score (nSPS) is 30.0. The van der Waals surface area contributed by atoms with E-state index < -0.39 is 14.6 Å². The molecule has 0 aromatic heterocycles. The number of carboxylic acid groups (broad SMARTS) is 1. The minimum Gasteiger partial charge on any atom is -0.480 e. The Labute approximate surface area is 144 Å². The average molecular weight is 433 g/mol. The van der Waals surface area contributed by atoms with Gasteiger partial charge in [-0.05, 0) is 20.3 Å². The molecule has 1 fully saturated rings. The van der Waals surface area contributed by atoms with Crippen LogP contribution < -0.4 is 0 Å². The molecule has 0 amide bonds. The smallest absolute Gasteiger partial charge is 0.322 e. The summed E-state index contributed by atoms with van der Waals surface area (Å²) in [5.74, 6) is 0.00488. The highest BCUT2D eigenvalue weighted by atomic mass is 79.9. The van der Waals surface area contributed by atoms with Gasteiger partial charge in [-0.2, -0.15) is 0 Å². The monoisotopic (exact) mass is 430 g/mol. The molecule has 0 aliphatic heterocycles. The molecule has 20 heavy (non-hydrogen) atoms. The van der Waals surface area contributed by atoms with Gasteiger partial charge in [0.2, 0.25) is 0 Å². The van der Waals surface area contributed by atoms with Gasteiger partial charge in [-0.1, -0.05) is 77.1 Å². The van der Waals surface area contributed by atoms with Crippen LogP contribution in [0, 0.1) is 5.41 Å². The van der Waals surface area contributed by atoms with E-state index >= 15 is 0 Å². The lowest BCUT2D eigenvalue weighted by molar-refractivity contribution is -0.137. The third-order valence-corrected chi connectivity index (χ3v) is 8.30. The van der Waals surface area contributed by atoms with Crippen LogP contribution in [0.15, 0.2) is 11.6 Å². The van der Waals surface area contributed by atoms with E-state index in [4.69, 9.17) is 11.6 Å². The molecule has 118 valence electrons. The second-order valence-corrected chi connectivity index (χ2v) is 8.74. The number of aliphatic carboxylic acids is 1. The zero-order chi connectivity index (χ0) is 16.2. The number of halogens is 3. The predicted octanol–water partition coefficient (Wildman–Crippen LogP) is 5.76. The largest absolute Gasteiger partial charge is 0.480 e. The Morgan fingerprint density at radius 1 is 1.25 bits per heavy atom. The van der Waals surface area contributed by atoms with Gasteiger partial charge < -0.3 is 5.11 Å². The molecule has 0 radical (unpaired) electrons. The van der Waals surface area contributed by atoms with Crippen molar-refractivity contribution in [1.82, 2.24) is 0 Å². The second kappa shape index (κ2) is 7.64. The topological polar surface area (TPSA) is 37.3 Å². The first-order chi connectivity index (χ1) is 9.02. The fraction of sp³-hybridized carbons (Fsp3) is 0.800. The van der Waals surface area contributed by atoms with Crippen LogP contribution in [0.4, 0.5) is 0 Å². The molecule has 2 atom stereocenters. The van der Waals surface area contributed by atoms with E-state index in [1.54, 1.807) is 0 Å². The second-order valence-electron chi connectivity index (χ2n) is 5.92. The van der Waals surface area contributed by atoms with Crippen molar-refractivity contribution in [3.63, 3.8) is 0 Å². The molecule has 0 heterocycles. The lowest BCUT2D eigenvalue weighted by Crippen LogP contribution is -2.23. The van der Waals surface area contributed by atoms with Gasteiger partial charge in [0, 0.05) is 11.3 Å². The predicted molar refractivity (Wildman–Crippen MR) is 94.4 cm³/mol. The van der Waals surface area contributed by atoms with Crippen LogP contribution in [0.2, 0.25) is 0 Å². The Morgan fingerprint density at radius 3 is 1.95 bits per heavy atom. The van der Waals surface area contributed by atoms with Crippen molar-refractivity contribution in [2.24, 2.45) is 5.41 Å². The van der Waals surface area contributed by atoms with Crippen molar-refractivity contribution in [2.45, 2.75) is 62.5 Å². The van der Waals surface area contributed by atoms with Crippen molar-refractivity contribution in [2.75, 3.05) is 5.88 Å². The third-order valence-electron chi connectivity index (χ3n) is 3.73. The van der Waals surface area contributed by atoms with E-state index in [-0.39, 0.29) is 5.41 Å². The number of hydrogen-bond donors (Lipinski definition) is 1. The Kier molecular flexibility index (Phi) is 7.82. The molecular formula is C15H25Br2ClO2. The van der Waals surface area contributed by atoms with E-state index in [0.29, 0.717) is 0 Å². The SMILES string of the molecule is CC(C)=CC1(Br)C(C)(C)C1(Br)C(=O)O.CCCCCCl. The molecule has 1 N–H and O–H groups in total. The molecule has 2 nitrogen and oxygen atoms in total. The molecule has 0 aromatic rings. The van der Waals surface area contributed by atoms with Crippen molar-refractivity contribution >= 4 is 49.4 Å². The first-order valence-corrected chi connectivity index (χ1v) is 8.98. The van der Waals surface area contributed by atoms with Gasteiger partial charge in [0.25, 0.3) is 0 Å². The minimum absolute atomic E-state index is 0.330. The van der Waals surface area contributed by atoms with Crippen LogP contribution in [0.25, 0.3) is 0 Å². The molecular weight excluding hydrogens is 407 g/mol. The van der Waals surface area contributed by atoms with E-state index in [1.165, 1.54) is 19.3 Å². The summed E-state index contributed by atoms with van der Waals surface area (Å²) in [6.45, 7) is 9.97. The Hall–Kier alpha value is 0.460. The van der Waals surface area contributed by atoms with Crippen LogP contribution in [0.5, 0.6) is 0 Å². The number of rotatable bonds is 5. The molecule has 0 bridgehead atoms. The van der Waals surface area contributed by atoms with Gasteiger partial charge in [0.15, 0.2) is 0 Å². The van der Waals surface area contributed by atoms with E-state index in [9.17, 15) is 9.90 Å². The standard InChI is InChI=1S/C10H14Br2O2.C5H11Cl/c1-6(2)5-9(11)8(3,4)10(9,12)7(13)14;1-2-3-4-5-6/h5H,1-4H3,(H,13,14);2-5H2,1H3. The Morgan fingerprint density at radius 2 is 1.75 bits per heavy atom. The third kappa shape index (κ3) is 3.61. The fourth-order valence-corrected chi connectivity index (χ4v) is 4.85. The summed E-state index contributed by atoms with van der Waals surface area (Å²) in [5, 5.41) is 9.19. The number of carbonyl (C=O) groups is 1. The zero-order valence-corrected chi connectivity index (χ0v) is 16.8. The highest BCUT2D eigenvalue weighted by Gasteiger charge is 2.84. The average Bonchev–Trinajstić information content (AvgIpc) is 2.67. The quantitative estimate of drug-likeness (QED) is 0.341. The molecule has 1 saturated carbocycles. The van der Waals surface area contributed by atoms with Gasteiger partial charge in [-0.3, -0.25) is 4.79 Å². The zero-order valence-electron chi connectivity index (χ0n) is 12.9. The first kappa shape index (κ1) is 20.5.